The Morgan fingerprint density at radius 2 is 1.95 bits per heavy atom. The molecule has 0 aliphatic rings. The van der Waals surface area contributed by atoms with Crippen molar-refractivity contribution in [3.63, 3.8) is 0 Å². The van der Waals surface area contributed by atoms with E-state index in [1.54, 1.807) is 24.3 Å². The van der Waals surface area contributed by atoms with E-state index in [0.29, 0.717) is 21.4 Å². The van der Waals surface area contributed by atoms with Crippen molar-refractivity contribution in [2.45, 2.75) is 6.92 Å². The third kappa shape index (κ3) is 4.24. The first kappa shape index (κ1) is 16.4. The fourth-order valence-corrected chi connectivity index (χ4v) is 2.08. The highest BCUT2D eigenvalue weighted by Crippen LogP contribution is 2.24. The Morgan fingerprint density at radius 1 is 1.18 bits per heavy atom. The monoisotopic (exact) mass is 336 g/mol. The smallest absolute Gasteiger partial charge is 0.300 e. The highest BCUT2D eigenvalue weighted by molar-refractivity contribution is 6.42. The summed E-state index contributed by atoms with van der Waals surface area (Å²) in [4.78, 5) is 11.9. The average Bonchev–Trinajstić information content (AvgIpc) is 2.49. The van der Waals surface area contributed by atoms with Crippen LogP contribution in [0.1, 0.15) is 11.1 Å². The van der Waals surface area contributed by atoms with Crippen molar-refractivity contribution in [2.24, 2.45) is 5.84 Å². The molecule has 3 N–H and O–H groups in total. The van der Waals surface area contributed by atoms with E-state index in [9.17, 15) is 4.79 Å². The van der Waals surface area contributed by atoms with Crippen LogP contribution in [0.2, 0.25) is 10.0 Å². The molecule has 0 aliphatic heterocycles. The standard InChI is InChI=1S/C16H14Cl2N2O2/c1-10-3-2-4-12(7-10)22-15(16(21)20-19)9-11-5-6-13(17)14(18)8-11/h2-9H,19H2,1H3,(H,20,21)/b15-9-. The number of nitrogens with two attached hydrogens (primary N) is 1. The number of hydrogen-bond acceptors (Lipinski definition) is 3. The lowest BCUT2D eigenvalue weighted by atomic mass is 10.2. The molecule has 0 saturated heterocycles. The summed E-state index contributed by atoms with van der Waals surface area (Å²) >= 11 is 11.8. The van der Waals surface area contributed by atoms with Crippen molar-refractivity contribution < 1.29 is 9.53 Å². The van der Waals surface area contributed by atoms with Gasteiger partial charge in [-0.05, 0) is 48.4 Å². The maximum Gasteiger partial charge on any atom is 0.300 e. The Morgan fingerprint density at radius 3 is 2.59 bits per heavy atom. The van der Waals surface area contributed by atoms with Crippen LogP contribution in [-0.2, 0) is 4.79 Å². The Bertz CT molecular complexity index is 730. The lowest BCUT2D eigenvalue weighted by Gasteiger charge is -2.10. The van der Waals surface area contributed by atoms with Gasteiger partial charge in [-0.25, -0.2) is 5.84 Å². The highest BCUT2D eigenvalue weighted by Gasteiger charge is 2.11. The molecular formula is C16H14Cl2N2O2. The number of hydrogen-bond donors (Lipinski definition) is 2. The lowest BCUT2D eigenvalue weighted by molar-refractivity contribution is -0.119. The van der Waals surface area contributed by atoms with E-state index in [4.69, 9.17) is 33.8 Å². The van der Waals surface area contributed by atoms with Crippen LogP contribution in [0.5, 0.6) is 5.75 Å². The molecular weight excluding hydrogens is 323 g/mol. The molecule has 0 heterocycles. The van der Waals surface area contributed by atoms with Crippen LogP contribution in [0.15, 0.2) is 48.2 Å². The molecule has 4 nitrogen and oxygen atoms in total. The largest absolute Gasteiger partial charge is 0.451 e. The Hall–Kier alpha value is -2.01. The third-order valence-corrected chi connectivity index (χ3v) is 3.55. The molecule has 2 aromatic carbocycles. The van der Waals surface area contributed by atoms with Gasteiger partial charge in [0.05, 0.1) is 10.0 Å². The van der Waals surface area contributed by atoms with Gasteiger partial charge in [0.25, 0.3) is 0 Å². The number of aryl methyl sites for hydroxylation is 1. The van der Waals surface area contributed by atoms with E-state index in [1.165, 1.54) is 6.08 Å². The summed E-state index contributed by atoms with van der Waals surface area (Å²) < 4.78 is 5.62. The zero-order valence-corrected chi connectivity index (χ0v) is 13.3. The molecule has 0 radical (unpaired) electrons. The van der Waals surface area contributed by atoms with Gasteiger partial charge in [-0.3, -0.25) is 10.2 Å². The van der Waals surface area contributed by atoms with Gasteiger partial charge in [0.2, 0.25) is 0 Å². The quantitative estimate of drug-likeness (QED) is 0.294. The van der Waals surface area contributed by atoms with Crippen LogP contribution in [0, 0.1) is 6.92 Å². The summed E-state index contributed by atoms with van der Waals surface area (Å²) in [5.41, 5.74) is 3.74. The second-order valence-corrected chi connectivity index (χ2v) is 5.39. The molecule has 6 heteroatoms. The molecule has 22 heavy (non-hydrogen) atoms. The van der Waals surface area contributed by atoms with Crippen molar-refractivity contribution in [1.82, 2.24) is 5.43 Å². The molecule has 0 atom stereocenters. The minimum Gasteiger partial charge on any atom is -0.451 e. The molecule has 0 aromatic heterocycles. The summed E-state index contributed by atoms with van der Waals surface area (Å²) in [6, 6.07) is 12.3. The molecule has 0 aliphatic carbocycles. The average molecular weight is 337 g/mol. The SMILES string of the molecule is Cc1cccc(O/C(=C\c2ccc(Cl)c(Cl)c2)C(=O)NN)c1. The third-order valence-electron chi connectivity index (χ3n) is 2.81. The molecule has 0 spiro atoms. The first-order valence-corrected chi connectivity index (χ1v) is 7.17. The number of amides is 1. The maximum absolute atomic E-state index is 11.9. The number of carbonyl (C=O) groups is 1. The van der Waals surface area contributed by atoms with Gasteiger partial charge in [-0.15, -0.1) is 0 Å². The predicted molar refractivity (Wildman–Crippen MR) is 88.6 cm³/mol. The summed E-state index contributed by atoms with van der Waals surface area (Å²) in [6.07, 6.45) is 1.53. The van der Waals surface area contributed by atoms with E-state index in [-0.39, 0.29) is 5.76 Å². The zero-order valence-electron chi connectivity index (χ0n) is 11.8. The van der Waals surface area contributed by atoms with Crippen LogP contribution in [0.25, 0.3) is 6.08 Å². The lowest BCUT2D eigenvalue weighted by Crippen LogP contribution is -2.33. The van der Waals surface area contributed by atoms with Crippen molar-refractivity contribution in [3.8, 4) is 5.75 Å². The summed E-state index contributed by atoms with van der Waals surface area (Å²) in [5.74, 6) is 5.23. The van der Waals surface area contributed by atoms with E-state index in [1.807, 2.05) is 25.1 Å². The number of benzene rings is 2. The molecule has 0 bridgehead atoms. The number of ether oxygens (including phenoxy) is 1. The normalized spacial score (nSPS) is 11.2. The van der Waals surface area contributed by atoms with Gasteiger partial charge in [-0.1, -0.05) is 41.4 Å². The van der Waals surface area contributed by atoms with Crippen molar-refractivity contribution >= 4 is 35.2 Å². The molecule has 2 aromatic rings. The van der Waals surface area contributed by atoms with E-state index >= 15 is 0 Å². The summed E-state index contributed by atoms with van der Waals surface area (Å²) in [6.45, 7) is 1.93. The second kappa shape index (κ2) is 7.31. The Kier molecular flexibility index (Phi) is 5.44. The van der Waals surface area contributed by atoms with Crippen molar-refractivity contribution in [2.75, 3.05) is 0 Å². The first-order chi connectivity index (χ1) is 10.5. The summed E-state index contributed by atoms with van der Waals surface area (Å²) in [5, 5.41) is 0.821. The van der Waals surface area contributed by atoms with Crippen LogP contribution in [-0.4, -0.2) is 5.91 Å². The topological polar surface area (TPSA) is 64.3 Å². The first-order valence-electron chi connectivity index (χ1n) is 6.42. The molecule has 0 unspecified atom stereocenters. The van der Waals surface area contributed by atoms with E-state index in [2.05, 4.69) is 5.43 Å². The van der Waals surface area contributed by atoms with Gasteiger partial charge in [0, 0.05) is 0 Å². The van der Waals surface area contributed by atoms with Gasteiger partial charge in [-0.2, -0.15) is 0 Å². The van der Waals surface area contributed by atoms with Crippen LogP contribution in [0.4, 0.5) is 0 Å². The van der Waals surface area contributed by atoms with E-state index < -0.39 is 5.91 Å². The minimum absolute atomic E-state index is 0.0477. The number of halogens is 2. The number of carbonyl (C=O) groups excluding carboxylic acids is 1. The fourth-order valence-electron chi connectivity index (χ4n) is 1.77. The number of rotatable bonds is 4. The molecule has 0 fully saturated rings. The van der Waals surface area contributed by atoms with Gasteiger partial charge in [0.15, 0.2) is 5.76 Å². The zero-order chi connectivity index (χ0) is 16.1. The van der Waals surface area contributed by atoms with Crippen molar-refractivity contribution in [3.05, 3.63) is 69.4 Å². The van der Waals surface area contributed by atoms with Crippen molar-refractivity contribution in [1.29, 1.82) is 0 Å². The van der Waals surface area contributed by atoms with Gasteiger partial charge >= 0.3 is 5.91 Å². The molecule has 1 amide bonds. The fraction of sp³-hybridized carbons (Fsp3) is 0.0625. The number of hydrazine groups is 1. The van der Waals surface area contributed by atoms with Crippen LogP contribution < -0.4 is 16.0 Å². The molecule has 0 saturated carbocycles. The summed E-state index contributed by atoms with van der Waals surface area (Å²) in [7, 11) is 0. The molecule has 114 valence electrons. The van der Waals surface area contributed by atoms with E-state index in [0.717, 1.165) is 5.56 Å². The Balaban J connectivity index is 2.35. The maximum atomic E-state index is 11.9. The second-order valence-electron chi connectivity index (χ2n) is 4.57. The van der Waals surface area contributed by atoms with Crippen LogP contribution >= 0.6 is 23.2 Å². The van der Waals surface area contributed by atoms with Crippen LogP contribution in [0.3, 0.4) is 0 Å². The predicted octanol–water partition coefficient (Wildman–Crippen LogP) is 3.71. The Labute approximate surface area is 138 Å². The van der Waals surface area contributed by atoms with Gasteiger partial charge in [0.1, 0.15) is 5.75 Å². The number of nitrogens with one attached hydrogen (secondary N) is 1. The highest BCUT2D eigenvalue weighted by atomic mass is 35.5. The molecule has 2 rings (SSSR count). The van der Waals surface area contributed by atoms with Gasteiger partial charge < -0.3 is 4.74 Å². The minimum atomic E-state index is -0.549.